The van der Waals surface area contributed by atoms with Crippen LogP contribution in [0.5, 0.6) is 0 Å². The first-order chi connectivity index (χ1) is 11.6. The lowest BCUT2D eigenvalue weighted by Crippen LogP contribution is -2.07. The van der Waals surface area contributed by atoms with Gasteiger partial charge in [-0.2, -0.15) is 10.4 Å². The van der Waals surface area contributed by atoms with E-state index in [1.165, 1.54) is 5.56 Å². The molecule has 0 bridgehead atoms. The number of aromatic nitrogens is 2. The zero-order chi connectivity index (χ0) is 17.1. The van der Waals surface area contributed by atoms with E-state index in [2.05, 4.69) is 11.2 Å². The van der Waals surface area contributed by atoms with Gasteiger partial charge in [-0.25, -0.2) is 4.68 Å². The predicted octanol–water partition coefficient (Wildman–Crippen LogP) is 3.94. The maximum absolute atomic E-state index is 9.46. The van der Waals surface area contributed by atoms with Crippen molar-refractivity contribution in [2.24, 2.45) is 0 Å². The molecule has 1 heterocycles. The molecule has 0 radical (unpaired) electrons. The van der Waals surface area contributed by atoms with Crippen molar-refractivity contribution in [1.29, 1.82) is 5.26 Å². The van der Waals surface area contributed by atoms with Crippen LogP contribution in [0.25, 0.3) is 0 Å². The molecule has 0 unspecified atom stereocenters. The Hall–Kier alpha value is -2.77. The Bertz CT molecular complexity index is 921. The fourth-order valence-corrected chi connectivity index (χ4v) is 2.87. The number of nitrogens with zero attached hydrogens (tertiary/aromatic N) is 3. The topological polar surface area (TPSA) is 67.6 Å². The third kappa shape index (κ3) is 3.12. The van der Waals surface area contributed by atoms with Crippen LogP contribution in [0.4, 0.5) is 5.82 Å². The number of halogens is 1. The Balaban J connectivity index is 1.96. The summed E-state index contributed by atoms with van der Waals surface area (Å²) in [5.41, 5.74) is 10.4. The monoisotopic (exact) mass is 336 g/mol. The summed E-state index contributed by atoms with van der Waals surface area (Å²) in [6.45, 7) is 2.58. The van der Waals surface area contributed by atoms with E-state index in [0.29, 0.717) is 35.1 Å². The highest BCUT2D eigenvalue weighted by Gasteiger charge is 2.17. The Morgan fingerprint density at radius 1 is 1.12 bits per heavy atom. The number of hydrogen-bond donors (Lipinski definition) is 1. The number of aryl methyl sites for hydroxylation is 1. The number of hydrogen-bond acceptors (Lipinski definition) is 3. The molecule has 4 nitrogen and oxygen atoms in total. The number of rotatable bonds is 4. The summed E-state index contributed by atoms with van der Waals surface area (Å²) in [7, 11) is 0. The summed E-state index contributed by atoms with van der Waals surface area (Å²) in [6.07, 6.45) is 0.480. The van der Waals surface area contributed by atoms with E-state index in [-0.39, 0.29) is 0 Å². The minimum Gasteiger partial charge on any atom is -0.383 e. The Morgan fingerprint density at radius 3 is 2.46 bits per heavy atom. The zero-order valence-corrected chi connectivity index (χ0v) is 14.1. The molecular weight excluding hydrogens is 320 g/mol. The van der Waals surface area contributed by atoms with Crippen molar-refractivity contribution in [2.45, 2.75) is 19.9 Å². The molecular formula is C19H17ClN4. The molecule has 1 aromatic heterocycles. The van der Waals surface area contributed by atoms with Crippen LogP contribution in [0.15, 0.2) is 48.5 Å². The molecule has 120 valence electrons. The SMILES string of the molecule is Cc1ccccc1Cn1nc(Cc2ccccc2Cl)c(C#N)c1N. The van der Waals surface area contributed by atoms with E-state index in [9.17, 15) is 5.26 Å². The van der Waals surface area contributed by atoms with E-state index in [4.69, 9.17) is 17.3 Å². The molecule has 0 aliphatic heterocycles. The second-order valence-corrected chi connectivity index (χ2v) is 6.08. The number of nitrogens with two attached hydrogens (primary N) is 1. The Morgan fingerprint density at radius 2 is 1.79 bits per heavy atom. The van der Waals surface area contributed by atoms with Crippen molar-refractivity contribution >= 4 is 17.4 Å². The fourth-order valence-electron chi connectivity index (χ4n) is 2.66. The molecule has 5 heteroatoms. The summed E-state index contributed by atoms with van der Waals surface area (Å²) in [5, 5.41) is 14.7. The van der Waals surface area contributed by atoms with Crippen LogP contribution in [-0.2, 0) is 13.0 Å². The normalized spacial score (nSPS) is 10.5. The smallest absolute Gasteiger partial charge is 0.140 e. The molecule has 0 saturated heterocycles. The second kappa shape index (κ2) is 6.77. The minimum absolute atomic E-state index is 0.391. The molecule has 0 fully saturated rings. The second-order valence-electron chi connectivity index (χ2n) is 5.67. The van der Waals surface area contributed by atoms with Gasteiger partial charge in [0, 0.05) is 11.4 Å². The average Bonchev–Trinajstić information content (AvgIpc) is 2.87. The minimum atomic E-state index is 0.391. The van der Waals surface area contributed by atoms with E-state index < -0.39 is 0 Å². The van der Waals surface area contributed by atoms with Crippen molar-refractivity contribution in [2.75, 3.05) is 5.73 Å². The van der Waals surface area contributed by atoms with Gasteiger partial charge in [0.2, 0.25) is 0 Å². The summed E-state index contributed by atoms with van der Waals surface area (Å²) >= 11 is 6.22. The highest BCUT2D eigenvalue weighted by molar-refractivity contribution is 6.31. The zero-order valence-electron chi connectivity index (χ0n) is 13.3. The van der Waals surface area contributed by atoms with Gasteiger partial charge in [0.1, 0.15) is 17.5 Å². The standard InChI is InChI=1S/C19H17ClN4/c1-13-6-2-3-8-15(13)12-24-19(22)16(11-21)18(23-24)10-14-7-4-5-9-17(14)20/h2-9H,10,12,22H2,1H3. The van der Waals surface area contributed by atoms with Crippen LogP contribution >= 0.6 is 11.6 Å². The molecule has 0 atom stereocenters. The summed E-state index contributed by atoms with van der Waals surface area (Å²) < 4.78 is 1.69. The first kappa shape index (κ1) is 16.1. The highest BCUT2D eigenvalue weighted by atomic mass is 35.5. The van der Waals surface area contributed by atoms with Gasteiger partial charge in [-0.1, -0.05) is 54.1 Å². The van der Waals surface area contributed by atoms with E-state index in [1.807, 2.05) is 55.5 Å². The van der Waals surface area contributed by atoms with Gasteiger partial charge in [-0.3, -0.25) is 0 Å². The quantitative estimate of drug-likeness (QED) is 0.784. The molecule has 2 N–H and O–H groups in total. The van der Waals surface area contributed by atoms with Crippen molar-refractivity contribution in [3.63, 3.8) is 0 Å². The van der Waals surface area contributed by atoms with Crippen LogP contribution in [-0.4, -0.2) is 9.78 Å². The van der Waals surface area contributed by atoms with Crippen molar-refractivity contribution in [1.82, 2.24) is 9.78 Å². The number of nitrogen functional groups attached to an aromatic ring is 1. The summed E-state index contributed by atoms with van der Waals surface area (Å²) in [6, 6.07) is 17.8. The first-order valence-corrected chi connectivity index (χ1v) is 8.01. The molecule has 0 aliphatic rings. The first-order valence-electron chi connectivity index (χ1n) is 7.63. The molecule has 0 spiro atoms. The number of benzene rings is 2. The molecule has 0 amide bonds. The lowest BCUT2D eigenvalue weighted by Gasteiger charge is -2.07. The van der Waals surface area contributed by atoms with Crippen LogP contribution in [0.1, 0.15) is 27.9 Å². The van der Waals surface area contributed by atoms with Gasteiger partial charge in [0.05, 0.1) is 12.2 Å². The predicted molar refractivity (Wildman–Crippen MR) is 95.9 cm³/mol. The Kier molecular flexibility index (Phi) is 4.54. The molecule has 0 saturated carbocycles. The molecule has 3 aromatic rings. The van der Waals surface area contributed by atoms with E-state index in [1.54, 1.807) is 4.68 Å². The largest absolute Gasteiger partial charge is 0.383 e. The Labute approximate surface area is 146 Å². The van der Waals surface area contributed by atoms with Gasteiger partial charge in [0.25, 0.3) is 0 Å². The molecule has 3 rings (SSSR count). The van der Waals surface area contributed by atoms with Gasteiger partial charge < -0.3 is 5.73 Å². The van der Waals surface area contributed by atoms with Crippen LogP contribution < -0.4 is 5.73 Å². The summed E-state index contributed by atoms with van der Waals surface area (Å²) in [4.78, 5) is 0. The summed E-state index contributed by atoms with van der Waals surface area (Å²) in [5.74, 6) is 0.391. The maximum Gasteiger partial charge on any atom is 0.140 e. The third-order valence-electron chi connectivity index (χ3n) is 4.07. The average molecular weight is 337 g/mol. The van der Waals surface area contributed by atoms with Gasteiger partial charge in [-0.15, -0.1) is 0 Å². The van der Waals surface area contributed by atoms with Crippen molar-refractivity contribution in [3.8, 4) is 6.07 Å². The van der Waals surface area contributed by atoms with Gasteiger partial charge >= 0.3 is 0 Å². The van der Waals surface area contributed by atoms with E-state index in [0.717, 1.165) is 11.1 Å². The lowest BCUT2D eigenvalue weighted by atomic mass is 10.1. The highest BCUT2D eigenvalue weighted by Crippen LogP contribution is 2.24. The van der Waals surface area contributed by atoms with Crippen LogP contribution in [0.2, 0.25) is 5.02 Å². The van der Waals surface area contributed by atoms with Crippen LogP contribution in [0, 0.1) is 18.3 Å². The van der Waals surface area contributed by atoms with Crippen molar-refractivity contribution in [3.05, 3.63) is 81.5 Å². The van der Waals surface area contributed by atoms with Gasteiger partial charge in [0.15, 0.2) is 0 Å². The fraction of sp³-hybridized carbons (Fsp3) is 0.158. The van der Waals surface area contributed by atoms with Crippen molar-refractivity contribution < 1.29 is 0 Å². The third-order valence-corrected chi connectivity index (χ3v) is 4.44. The van der Waals surface area contributed by atoms with E-state index >= 15 is 0 Å². The molecule has 24 heavy (non-hydrogen) atoms. The van der Waals surface area contributed by atoms with Crippen LogP contribution in [0.3, 0.4) is 0 Å². The number of nitriles is 1. The lowest BCUT2D eigenvalue weighted by molar-refractivity contribution is 0.682. The van der Waals surface area contributed by atoms with Gasteiger partial charge in [-0.05, 0) is 29.7 Å². The number of anilines is 1. The molecule has 2 aromatic carbocycles. The maximum atomic E-state index is 9.46. The molecule has 0 aliphatic carbocycles.